The van der Waals surface area contributed by atoms with Gasteiger partial charge >= 0.3 is 0 Å². The van der Waals surface area contributed by atoms with E-state index in [1.54, 1.807) is 6.07 Å². The van der Waals surface area contributed by atoms with Gasteiger partial charge in [0.25, 0.3) is 0 Å². The van der Waals surface area contributed by atoms with Gasteiger partial charge in [0.1, 0.15) is 5.82 Å². The number of alkyl halides is 1. The van der Waals surface area contributed by atoms with E-state index in [9.17, 15) is 4.39 Å². The van der Waals surface area contributed by atoms with E-state index < -0.39 is 0 Å². The van der Waals surface area contributed by atoms with Crippen molar-refractivity contribution in [1.82, 2.24) is 9.55 Å². The van der Waals surface area contributed by atoms with Crippen LogP contribution in [0.5, 0.6) is 5.75 Å². The lowest BCUT2D eigenvalue weighted by molar-refractivity contribution is 0.353. The molecular formula is C16H20ClFN2O. The van der Waals surface area contributed by atoms with Crippen LogP contribution in [-0.4, -0.2) is 16.7 Å². The largest absolute Gasteiger partial charge is 0.494 e. The molecule has 0 bridgehead atoms. The minimum Gasteiger partial charge on any atom is -0.494 e. The van der Waals surface area contributed by atoms with Crippen LogP contribution in [0.4, 0.5) is 4.39 Å². The second-order valence-electron chi connectivity index (χ2n) is 5.99. The fourth-order valence-electron chi connectivity index (χ4n) is 3.47. The molecule has 1 aromatic heterocycles. The van der Waals surface area contributed by atoms with Crippen molar-refractivity contribution in [2.24, 2.45) is 11.8 Å². The number of rotatable bonds is 3. The van der Waals surface area contributed by atoms with Crippen LogP contribution >= 0.6 is 11.6 Å². The summed E-state index contributed by atoms with van der Waals surface area (Å²) >= 11 is 6.07. The maximum absolute atomic E-state index is 13.9. The second-order valence-corrected chi connectivity index (χ2v) is 6.26. The van der Waals surface area contributed by atoms with Gasteiger partial charge in [0.15, 0.2) is 11.6 Å². The van der Waals surface area contributed by atoms with Crippen LogP contribution in [0.2, 0.25) is 0 Å². The van der Waals surface area contributed by atoms with Gasteiger partial charge in [0, 0.05) is 18.2 Å². The predicted octanol–water partition coefficient (Wildman–Crippen LogP) is 4.53. The standard InChI is InChI=1S/C16H20ClFN2O/c1-9-4-5-13(10(9)2)20-14-7-15(21-3)11(18)6-12(14)19-16(20)8-17/h6-7,9-10,13H,4-5,8H2,1-3H3. The summed E-state index contributed by atoms with van der Waals surface area (Å²) < 4.78 is 21.2. The van der Waals surface area contributed by atoms with Crippen molar-refractivity contribution in [2.75, 3.05) is 7.11 Å². The molecule has 0 radical (unpaired) electrons. The number of aromatic nitrogens is 2. The SMILES string of the molecule is COc1cc2c(cc1F)nc(CCl)n2C1CCC(C)C1C. The highest BCUT2D eigenvalue weighted by atomic mass is 35.5. The number of imidazole rings is 1. The molecule has 1 aromatic carbocycles. The smallest absolute Gasteiger partial charge is 0.167 e. The van der Waals surface area contributed by atoms with E-state index in [4.69, 9.17) is 16.3 Å². The first kappa shape index (κ1) is 14.6. The summed E-state index contributed by atoms with van der Waals surface area (Å²) in [5, 5.41) is 0. The first-order chi connectivity index (χ1) is 10.1. The minimum absolute atomic E-state index is 0.253. The monoisotopic (exact) mass is 310 g/mol. The Kier molecular flexibility index (Phi) is 3.82. The van der Waals surface area contributed by atoms with Gasteiger partial charge in [0.2, 0.25) is 0 Å². The van der Waals surface area contributed by atoms with E-state index in [-0.39, 0.29) is 11.6 Å². The highest BCUT2D eigenvalue weighted by Crippen LogP contribution is 2.42. The Morgan fingerprint density at radius 3 is 2.71 bits per heavy atom. The predicted molar refractivity (Wildman–Crippen MR) is 82.4 cm³/mol. The Labute approximate surface area is 129 Å². The first-order valence-corrected chi connectivity index (χ1v) is 7.90. The van der Waals surface area contributed by atoms with Crippen molar-refractivity contribution in [3.63, 3.8) is 0 Å². The van der Waals surface area contributed by atoms with Crippen LogP contribution in [0.3, 0.4) is 0 Å². The second kappa shape index (κ2) is 5.48. The number of ether oxygens (including phenoxy) is 1. The molecule has 1 aliphatic carbocycles. The molecule has 0 N–H and O–H groups in total. The molecule has 1 heterocycles. The summed E-state index contributed by atoms with van der Waals surface area (Å²) in [5.41, 5.74) is 1.56. The molecular weight excluding hydrogens is 291 g/mol. The average Bonchev–Trinajstić information content (AvgIpc) is 2.98. The van der Waals surface area contributed by atoms with E-state index in [2.05, 4.69) is 23.4 Å². The van der Waals surface area contributed by atoms with Crippen LogP contribution in [0.15, 0.2) is 12.1 Å². The van der Waals surface area contributed by atoms with Crippen molar-refractivity contribution in [3.05, 3.63) is 23.8 Å². The van der Waals surface area contributed by atoms with Crippen LogP contribution in [0.25, 0.3) is 11.0 Å². The number of benzene rings is 1. The van der Waals surface area contributed by atoms with Crippen LogP contribution in [0.1, 0.15) is 38.6 Å². The van der Waals surface area contributed by atoms with E-state index in [0.717, 1.165) is 17.8 Å². The minimum atomic E-state index is -0.386. The molecule has 0 amide bonds. The van der Waals surface area contributed by atoms with Gasteiger partial charge in [-0.25, -0.2) is 9.37 Å². The number of fused-ring (bicyclic) bond motifs is 1. The summed E-state index contributed by atoms with van der Waals surface area (Å²) in [6.45, 7) is 4.55. The maximum atomic E-state index is 13.9. The summed E-state index contributed by atoms with van der Waals surface area (Å²) in [6, 6.07) is 3.54. The molecule has 114 valence electrons. The zero-order chi connectivity index (χ0) is 15.1. The van der Waals surface area contributed by atoms with Crippen molar-refractivity contribution in [1.29, 1.82) is 0 Å². The maximum Gasteiger partial charge on any atom is 0.167 e. The number of nitrogens with zero attached hydrogens (tertiary/aromatic N) is 2. The zero-order valence-electron chi connectivity index (χ0n) is 12.6. The lowest BCUT2D eigenvalue weighted by atomic mass is 9.97. The lowest BCUT2D eigenvalue weighted by Crippen LogP contribution is -2.16. The third kappa shape index (κ3) is 2.30. The van der Waals surface area contributed by atoms with Crippen molar-refractivity contribution < 1.29 is 9.13 Å². The molecule has 1 aliphatic rings. The molecule has 3 unspecified atom stereocenters. The fourth-order valence-corrected chi connectivity index (χ4v) is 3.66. The van der Waals surface area contributed by atoms with Crippen LogP contribution in [0, 0.1) is 17.7 Å². The third-order valence-corrected chi connectivity index (χ3v) is 5.15. The molecule has 5 heteroatoms. The lowest BCUT2D eigenvalue weighted by Gasteiger charge is -2.22. The van der Waals surface area contributed by atoms with Gasteiger partial charge in [0.05, 0.1) is 24.0 Å². The van der Waals surface area contributed by atoms with Crippen molar-refractivity contribution in [2.45, 2.75) is 38.6 Å². The van der Waals surface area contributed by atoms with Crippen LogP contribution in [-0.2, 0) is 5.88 Å². The molecule has 0 spiro atoms. The first-order valence-electron chi connectivity index (χ1n) is 7.37. The molecule has 3 rings (SSSR count). The normalized spacial score (nSPS) is 25.7. The summed E-state index contributed by atoms with van der Waals surface area (Å²) in [7, 11) is 1.48. The average molecular weight is 311 g/mol. The zero-order valence-corrected chi connectivity index (χ0v) is 13.3. The van der Waals surface area contributed by atoms with Crippen molar-refractivity contribution >= 4 is 22.6 Å². The number of hydrogen-bond acceptors (Lipinski definition) is 2. The Morgan fingerprint density at radius 2 is 2.14 bits per heavy atom. The Balaban J connectivity index is 2.20. The molecule has 21 heavy (non-hydrogen) atoms. The molecule has 3 nitrogen and oxygen atoms in total. The molecule has 1 fully saturated rings. The quantitative estimate of drug-likeness (QED) is 0.779. The van der Waals surface area contributed by atoms with Gasteiger partial charge in [-0.2, -0.15) is 0 Å². The highest BCUT2D eigenvalue weighted by Gasteiger charge is 2.33. The van der Waals surface area contributed by atoms with Crippen LogP contribution < -0.4 is 4.74 Å². The summed E-state index contributed by atoms with van der Waals surface area (Å²) in [5.74, 6) is 2.24. The Hall–Kier alpha value is -1.29. The van der Waals surface area contributed by atoms with Gasteiger partial charge in [-0.3, -0.25) is 0 Å². The van der Waals surface area contributed by atoms with Crippen molar-refractivity contribution in [3.8, 4) is 5.75 Å². The molecule has 0 saturated heterocycles. The summed E-state index contributed by atoms with van der Waals surface area (Å²) in [6.07, 6.45) is 2.31. The van der Waals surface area contributed by atoms with Gasteiger partial charge < -0.3 is 9.30 Å². The van der Waals surface area contributed by atoms with E-state index in [1.807, 2.05) is 0 Å². The highest BCUT2D eigenvalue weighted by molar-refractivity contribution is 6.16. The number of hydrogen-bond donors (Lipinski definition) is 0. The fraction of sp³-hybridized carbons (Fsp3) is 0.562. The van der Waals surface area contributed by atoms with E-state index >= 15 is 0 Å². The molecule has 0 aliphatic heterocycles. The Morgan fingerprint density at radius 1 is 1.38 bits per heavy atom. The molecule has 3 atom stereocenters. The summed E-state index contributed by atoms with van der Waals surface area (Å²) in [4.78, 5) is 4.51. The number of halogens is 2. The van der Waals surface area contributed by atoms with Gasteiger partial charge in [-0.15, -0.1) is 11.6 Å². The topological polar surface area (TPSA) is 27.1 Å². The molecule has 2 aromatic rings. The Bertz CT molecular complexity index is 670. The number of methoxy groups -OCH3 is 1. The molecule has 1 saturated carbocycles. The van der Waals surface area contributed by atoms with Gasteiger partial charge in [-0.05, 0) is 24.7 Å². The van der Waals surface area contributed by atoms with E-state index in [1.165, 1.54) is 19.6 Å². The van der Waals surface area contributed by atoms with E-state index in [0.29, 0.717) is 29.3 Å². The van der Waals surface area contributed by atoms with Gasteiger partial charge in [-0.1, -0.05) is 13.8 Å². The third-order valence-electron chi connectivity index (χ3n) is 4.91.